The van der Waals surface area contributed by atoms with Gasteiger partial charge in [0.05, 0.1) is 13.2 Å². The number of hydrogen-bond donors (Lipinski definition) is 2. The van der Waals surface area contributed by atoms with Gasteiger partial charge in [-0.25, -0.2) is 4.39 Å². The highest BCUT2D eigenvalue weighted by atomic mass is 19.1. The molecule has 1 aromatic rings. The van der Waals surface area contributed by atoms with Crippen molar-refractivity contribution < 1.29 is 33.6 Å². The maximum absolute atomic E-state index is 12.9. The summed E-state index contributed by atoms with van der Waals surface area (Å²) in [5, 5.41) is 19.6. The molecule has 3 rings (SSSR count). The van der Waals surface area contributed by atoms with Crippen LogP contribution in [-0.4, -0.2) is 53.3 Å². The first-order chi connectivity index (χ1) is 10.9. The van der Waals surface area contributed by atoms with Gasteiger partial charge in [-0.1, -0.05) is 12.1 Å². The molecule has 0 amide bonds. The molecule has 0 spiro atoms. The summed E-state index contributed by atoms with van der Waals surface area (Å²) in [5.41, 5.74) is 0.762. The molecule has 128 valence electrons. The van der Waals surface area contributed by atoms with Crippen LogP contribution in [0.5, 0.6) is 0 Å². The maximum Gasteiger partial charge on any atom is 0.184 e. The number of ether oxygens (including phenoxy) is 4. The van der Waals surface area contributed by atoms with E-state index in [-0.39, 0.29) is 19.0 Å². The second-order valence-electron chi connectivity index (χ2n) is 6.21. The van der Waals surface area contributed by atoms with Crippen molar-refractivity contribution >= 4 is 0 Å². The van der Waals surface area contributed by atoms with Gasteiger partial charge in [-0.05, 0) is 31.5 Å². The van der Waals surface area contributed by atoms with E-state index in [0.29, 0.717) is 0 Å². The van der Waals surface area contributed by atoms with E-state index in [0.717, 1.165) is 5.56 Å². The van der Waals surface area contributed by atoms with Crippen molar-refractivity contribution in [2.75, 3.05) is 6.61 Å². The van der Waals surface area contributed by atoms with Crippen molar-refractivity contribution in [3.63, 3.8) is 0 Å². The highest BCUT2D eigenvalue weighted by molar-refractivity contribution is 5.15. The summed E-state index contributed by atoms with van der Waals surface area (Å²) in [4.78, 5) is 0. The van der Waals surface area contributed by atoms with E-state index in [2.05, 4.69) is 0 Å². The van der Waals surface area contributed by atoms with Gasteiger partial charge >= 0.3 is 0 Å². The molecule has 0 aliphatic carbocycles. The van der Waals surface area contributed by atoms with E-state index in [1.165, 1.54) is 12.1 Å². The van der Waals surface area contributed by atoms with E-state index in [1.807, 2.05) is 0 Å². The molecular weight excluding hydrogens is 307 g/mol. The zero-order chi connectivity index (χ0) is 16.6. The first-order valence-electron chi connectivity index (χ1n) is 7.56. The van der Waals surface area contributed by atoms with Crippen LogP contribution in [0.25, 0.3) is 0 Å². The number of aliphatic hydroxyl groups excluding tert-OH is 2. The zero-order valence-corrected chi connectivity index (χ0v) is 13.0. The molecule has 0 aromatic heterocycles. The number of halogens is 1. The lowest BCUT2D eigenvalue weighted by molar-refractivity contribution is -0.277. The molecular formula is C16H21FO6. The van der Waals surface area contributed by atoms with Crippen molar-refractivity contribution in [3.05, 3.63) is 35.6 Å². The van der Waals surface area contributed by atoms with Gasteiger partial charge in [-0.15, -0.1) is 0 Å². The molecule has 2 heterocycles. The van der Waals surface area contributed by atoms with Crippen LogP contribution in [0.4, 0.5) is 4.39 Å². The van der Waals surface area contributed by atoms with Crippen molar-refractivity contribution in [3.8, 4) is 0 Å². The highest BCUT2D eigenvalue weighted by Gasteiger charge is 2.55. The Bertz CT molecular complexity index is 534. The normalized spacial score (nSPS) is 36.0. The topological polar surface area (TPSA) is 77.4 Å². The second kappa shape index (κ2) is 6.43. The fourth-order valence-corrected chi connectivity index (χ4v) is 2.95. The molecule has 7 heteroatoms. The lowest BCUT2D eigenvalue weighted by atomic mass is 9.99. The molecule has 6 nitrogen and oxygen atoms in total. The minimum Gasteiger partial charge on any atom is -0.394 e. The first kappa shape index (κ1) is 16.8. The summed E-state index contributed by atoms with van der Waals surface area (Å²) in [6.45, 7) is 3.39. The lowest BCUT2D eigenvalue weighted by Gasteiger charge is -2.39. The van der Waals surface area contributed by atoms with Crippen LogP contribution in [0, 0.1) is 5.82 Å². The third kappa shape index (κ3) is 3.55. The summed E-state index contributed by atoms with van der Waals surface area (Å²) in [5.74, 6) is -1.18. The van der Waals surface area contributed by atoms with E-state index in [1.54, 1.807) is 26.0 Å². The molecule has 0 saturated carbocycles. The summed E-state index contributed by atoms with van der Waals surface area (Å²) in [6.07, 6.45) is -3.79. The SMILES string of the molecule is CC1(C)O[C@@H]2[C@H](O1)[C@@H](OCc1ccc(F)cc1)C(O)O[C@@H]2CO. The second-order valence-corrected chi connectivity index (χ2v) is 6.21. The number of fused-ring (bicyclic) bond motifs is 1. The third-order valence-corrected chi connectivity index (χ3v) is 3.98. The Kier molecular flexibility index (Phi) is 4.68. The minimum atomic E-state index is -1.24. The summed E-state index contributed by atoms with van der Waals surface area (Å²) in [6, 6.07) is 5.90. The predicted molar refractivity (Wildman–Crippen MR) is 76.8 cm³/mol. The number of benzene rings is 1. The van der Waals surface area contributed by atoms with Crippen LogP contribution in [0.2, 0.25) is 0 Å². The maximum atomic E-state index is 12.9. The van der Waals surface area contributed by atoms with Gasteiger partial charge in [0.1, 0.15) is 30.2 Å². The quantitative estimate of drug-likeness (QED) is 0.857. The van der Waals surface area contributed by atoms with Crippen molar-refractivity contribution in [2.45, 2.75) is 56.9 Å². The highest BCUT2D eigenvalue weighted by Crippen LogP contribution is 2.38. The Labute approximate surface area is 133 Å². The Hall–Kier alpha value is -1.09. The van der Waals surface area contributed by atoms with Crippen molar-refractivity contribution in [1.82, 2.24) is 0 Å². The molecule has 1 unspecified atom stereocenters. The van der Waals surface area contributed by atoms with Crippen LogP contribution in [-0.2, 0) is 25.6 Å². The van der Waals surface area contributed by atoms with Crippen LogP contribution < -0.4 is 0 Å². The Balaban J connectivity index is 1.71. The van der Waals surface area contributed by atoms with Crippen LogP contribution in [0.15, 0.2) is 24.3 Å². The molecule has 2 aliphatic heterocycles. The van der Waals surface area contributed by atoms with Crippen molar-refractivity contribution in [2.24, 2.45) is 0 Å². The van der Waals surface area contributed by atoms with Gasteiger partial charge in [-0.2, -0.15) is 0 Å². The van der Waals surface area contributed by atoms with Crippen LogP contribution in [0.3, 0.4) is 0 Å². The molecule has 2 saturated heterocycles. The summed E-state index contributed by atoms with van der Waals surface area (Å²) < 4.78 is 35.6. The average molecular weight is 328 g/mol. The largest absolute Gasteiger partial charge is 0.394 e. The Morgan fingerprint density at radius 2 is 1.83 bits per heavy atom. The van der Waals surface area contributed by atoms with Crippen LogP contribution in [0.1, 0.15) is 19.4 Å². The smallest absolute Gasteiger partial charge is 0.184 e. The van der Waals surface area contributed by atoms with Gasteiger partial charge in [0.2, 0.25) is 0 Å². The predicted octanol–water partition coefficient (Wildman–Crippen LogP) is 0.940. The fraction of sp³-hybridized carbons (Fsp3) is 0.625. The number of rotatable bonds is 4. The molecule has 5 atom stereocenters. The summed E-state index contributed by atoms with van der Waals surface area (Å²) in [7, 11) is 0. The number of hydrogen-bond acceptors (Lipinski definition) is 6. The number of aliphatic hydroxyl groups is 2. The monoisotopic (exact) mass is 328 g/mol. The van der Waals surface area contributed by atoms with Gasteiger partial charge in [-0.3, -0.25) is 0 Å². The average Bonchev–Trinajstić information content (AvgIpc) is 2.82. The molecule has 23 heavy (non-hydrogen) atoms. The lowest BCUT2D eigenvalue weighted by Crippen LogP contribution is -2.58. The van der Waals surface area contributed by atoms with E-state index in [4.69, 9.17) is 18.9 Å². The standard InChI is InChI=1S/C16H21FO6/c1-16(2)22-12-11(7-18)21-15(19)14(13(12)23-16)20-8-9-3-5-10(17)6-4-9/h3-6,11-15,18-19H,7-8H2,1-2H3/t11-,12+,13+,14-,15?/m1/s1. The minimum absolute atomic E-state index is 0.169. The summed E-state index contributed by atoms with van der Waals surface area (Å²) >= 11 is 0. The van der Waals surface area contributed by atoms with Crippen molar-refractivity contribution in [1.29, 1.82) is 0 Å². The zero-order valence-electron chi connectivity index (χ0n) is 13.0. The molecule has 2 fully saturated rings. The van der Waals surface area contributed by atoms with E-state index in [9.17, 15) is 14.6 Å². The van der Waals surface area contributed by atoms with Gasteiger partial charge in [0.15, 0.2) is 12.1 Å². The van der Waals surface area contributed by atoms with E-state index < -0.39 is 36.5 Å². The molecule has 0 bridgehead atoms. The van der Waals surface area contributed by atoms with Gasteiger partial charge < -0.3 is 29.2 Å². The third-order valence-electron chi connectivity index (χ3n) is 3.98. The Morgan fingerprint density at radius 3 is 2.48 bits per heavy atom. The molecule has 1 aromatic carbocycles. The van der Waals surface area contributed by atoms with Crippen LogP contribution >= 0.6 is 0 Å². The van der Waals surface area contributed by atoms with Gasteiger partial charge in [0, 0.05) is 0 Å². The first-order valence-corrected chi connectivity index (χ1v) is 7.56. The molecule has 2 N–H and O–H groups in total. The Morgan fingerprint density at radius 1 is 1.17 bits per heavy atom. The fourth-order valence-electron chi connectivity index (χ4n) is 2.95. The molecule has 2 aliphatic rings. The van der Waals surface area contributed by atoms with Gasteiger partial charge in [0.25, 0.3) is 0 Å². The molecule has 0 radical (unpaired) electrons. The van der Waals surface area contributed by atoms with E-state index >= 15 is 0 Å².